The fraction of sp³-hybridized carbons (Fsp3) is 0.438. The van der Waals surface area contributed by atoms with Gasteiger partial charge in [0.05, 0.1) is 13.7 Å². The van der Waals surface area contributed by atoms with Crippen molar-refractivity contribution >= 4 is 11.5 Å². The minimum absolute atomic E-state index is 0.154. The average Bonchev–Trinajstić information content (AvgIpc) is 2.79. The molecule has 5 heteroatoms. The SMILES string of the molecule is COc1cc2c(cc1CO)C1=C(C)C(=O)O[C@@H]1[C@@H](O)[C@H]2C. The second-order valence-electron chi connectivity index (χ2n) is 5.55. The normalized spacial score (nSPS) is 27.3. The third kappa shape index (κ3) is 1.88. The van der Waals surface area contributed by atoms with E-state index in [9.17, 15) is 15.0 Å². The van der Waals surface area contributed by atoms with E-state index in [1.807, 2.05) is 19.1 Å². The minimum Gasteiger partial charge on any atom is -0.496 e. The fourth-order valence-corrected chi connectivity index (χ4v) is 3.19. The summed E-state index contributed by atoms with van der Waals surface area (Å²) in [6.07, 6.45) is -1.40. The van der Waals surface area contributed by atoms with Crippen LogP contribution in [-0.4, -0.2) is 35.5 Å². The molecule has 2 N–H and O–H groups in total. The van der Waals surface area contributed by atoms with Crippen molar-refractivity contribution in [1.82, 2.24) is 0 Å². The molecule has 0 radical (unpaired) electrons. The lowest BCUT2D eigenvalue weighted by Gasteiger charge is -2.34. The van der Waals surface area contributed by atoms with Gasteiger partial charge >= 0.3 is 5.97 Å². The summed E-state index contributed by atoms with van der Waals surface area (Å²) < 4.78 is 10.6. The van der Waals surface area contributed by atoms with E-state index >= 15 is 0 Å². The highest BCUT2D eigenvalue weighted by atomic mass is 16.6. The number of hydrogen-bond donors (Lipinski definition) is 2. The first-order valence-electron chi connectivity index (χ1n) is 6.91. The Morgan fingerprint density at radius 1 is 1.38 bits per heavy atom. The molecule has 1 aromatic rings. The van der Waals surface area contributed by atoms with Crippen molar-refractivity contribution in [3.05, 3.63) is 34.4 Å². The Bertz CT molecular complexity index is 646. The summed E-state index contributed by atoms with van der Waals surface area (Å²) in [6.45, 7) is 3.44. The third-order valence-corrected chi connectivity index (χ3v) is 4.45. The van der Waals surface area contributed by atoms with Crippen molar-refractivity contribution in [3.63, 3.8) is 0 Å². The summed E-state index contributed by atoms with van der Waals surface area (Å²) >= 11 is 0. The summed E-state index contributed by atoms with van der Waals surface area (Å²) in [6, 6.07) is 3.65. The standard InChI is InChI=1S/C16H18O5/c1-7-10-5-12(20-3)9(6-17)4-11(10)13-8(2)16(19)21-15(13)14(7)18/h4-5,7,14-15,17-18H,6H2,1-3H3/t7-,14-,15-/m0/s1. The number of ether oxygens (including phenoxy) is 2. The minimum atomic E-state index is -0.779. The van der Waals surface area contributed by atoms with Crippen LogP contribution in [0.5, 0.6) is 5.75 Å². The van der Waals surface area contributed by atoms with Gasteiger partial charge in [-0.2, -0.15) is 0 Å². The number of methoxy groups -OCH3 is 1. The van der Waals surface area contributed by atoms with E-state index in [0.717, 1.165) is 16.7 Å². The van der Waals surface area contributed by atoms with Gasteiger partial charge in [0.1, 0.15) is 11.9 Å². The summed E-state index contributed by atoms with van der Waals surface area (Å²) in [4.78, 5) is 11.8. The second-order valence-corrected chi connectivity index (χ2v) is 5.55. The molecule has 2 aliphatic rings. The van der Waals surface area contributed by atoms with Crippen molar-refractivity contribution in [3.8, 4) is 5.75 Å². The van der Waals surface area contributed by atoms with Crippen LogP contribution in [0.25, 0.3) is 5.57 Å². The number of aliphatic hydroxyl groups excluding tert-OH is 2. The van der Waals surface area contributed by atoms with Gasteiger partial charge in [-0.25, -0.2) is 4.79 Å². The molecule has 112 valence electrons. The lowest BCUT2D eigenvalue weighted by Crippen LogP contribution is -2.36. The third-order valence-electron chi connectivity index (χ3n) is 4.45. The van der Waals surface area contributed by atoms with Gasteiger partial charge in [0.15, 0.2) is 6.10 Å². The zero-order chi connectivity index (χ0) is 15.3. The van der Waals surface area contributed by atoms with Crippen LogP contribution in [0.1, 0.15) is 36.5 Å². The maximum atomic E-state index is 11.8. The Labute approximate surface area is 122 Å². The number of hydrogen-bond acceptors (Lipinski definition) is 5. The van der Waals surface area contributed by atoms with Crippen LogP contribution in [0.3, 0.4) is 0 Å². The number of esters is 1. The molecule has 0 saturated carbocycles. The first-order chi connectivity index (χ1) is 9.99. The van der Waals surface area contributed by atoms with Gasteiger partial charge in [-0.1, -0.05) is 6.92 Å². The molecule has 0 spiro atoms. The molecule has 3 atom stereocenters. The van der Waals surface area contributed by atoms with E-state index in [1.54, 1.807) is 14.0 Å². The molecule has 5 nitrogen and oxygen atoms in total. The molecule has 0 saturated heterocycles. The summed E-state index contributed by atoms with van der Waals surface area (Å²) in [5, 5.41) is 19.9. The Balaban J connectivity index is 2.27. The van der Waals surface area contributed by atoms with Gasteiger partial charge in [0.25, 0.3) is 0 Å². The number of aliphatic hydroxyl groups is 2. The molecule has 0 unspecified atom stereocenters. The van der Waals surface area contributed by atoms with E-state index in [-0.39, 0.29) is 12.5 Å². The molecule has 0 fully saturated rings. The quantitative estimate of drug-likeness (QED) is 0.804. The Morgan fingerprint density at radius 3 is 2.71 bits per heavy atom. The van der Waals surface area contributed by atoms with Gasteiger partial charge in [-0.15, -0.1) is 0 Å². The van der Waals surface area contributed by atoms with E-state index < -0.39 is 18.2 Å². The van der Waals surface area contributed by atoms with Crippen molar-refractivity contribution < 1.29 is 24.5 Å². The van der Waals surface area contributed by atoms with Crippen molar-refractivity contribution in [1.29, 1.82) is 0 Å². The Hall–Kier alpha value is -1.85. The molecular formula is C16H18O5. The fourth-order valence-electron chi connectivity index (χ4n) is 3.19. The largest absolute Gasteiger partial charge is 0.496 e. The number of rotatable bonds is 2. The first kappa shape index (κ1) is 14.1. The van der Waals surface area contributed by atoms with Crippen LogP contribution in [0.15, 0.2) is 17.7 Å². The molecule has 1 aliphatic carbocycles. The van der Waals surface area contributed by atoms with Crippen molar-refractivity contribution in [2.75, 3.05) is 7.11 Å². The topological polar surface area (TPSA) is 76.0 Å². The molecule has 0 amide bonds. The van der Waals surface area contributed by atoms with Crippen molar-refractivity contribution in [2.45, 2.75) is 38.6 Å². The van der Waals surface area contributed by atoms with Crippen LogP contribution < -0.4 is 4.74 Å². The number of carbonyl (C=O) groups is 1. The van der Waals surface area contributed by atoms with E-state index in [4.69, 9.17) is 9.47 Å². The van der Waals surface area contributed by atoms with Gasteiger partial charge in [-0.3, -0.25) is 0 Å². The Morgan fingerprint density at radius 2 is 2.10 bits per heavy atom. The molecule has 0 bridgehead atoms. The predicted molar refractivity (Wildman–Crippen MR) is 75.8 cm³/mol. The predicted octanol–water partition coefficient (Wildman–Crippen LogP) is 1.36. The molecule has 21 heavy (non-hydrogen) atoms. The summed E-state index contributed by atoms with van der Waals surface area (Å²) in [7, 11) is 1.54. The zero-order valence-electron chi connectivity index (χ0n) is 12.2. The van der Waals surface area contributed by atoms with E-state index in [2.05, 4.69) is 0 Å². The molecule has 3 rings (SSSR count). The summed E-state index contributed by atoms with van der Waals surface area (Å²) in [5.74, 6) is 0.00167. The van der Waals surface area contributed by atoms with Crippen LogP contribution in [0.2, 0.25) is 0 Å². The van der Waals surface area contributed by atoms with Gasteiger partial charge in [0, 0.05) is 22.6 Å². The van der Waals surface area contributed by atoms with Gasteiger partial charge in [-0.05, 0) is 30.2 Å². The second kappa shape index (κ2) is 4.86. The van der Waals surface area contributed by atoms with E-state index in [0.29, 0.717) is 16.9 Å². The monoisotopic (exact) mass is 290 g/mol. The van der Waals surface area contributed by atoms with Gasteiger partial charge in [0.2, 0.25) is 0 Å². The molecule has 0 aromatic heterocycles. The summed E-state index contributed by atoms with van der Waals surface area (Å²) in [5.41, 5.74) is 3.64. The number of benzene rings is 1. The number of fused-ring (bicyclic) bond motifs is 3. The molecule has 1 aliphatic heterocycles. The lowest BCUT2D eigenvalue weighted by molar-refractivity contribution is -0.143. The van der Waals surface area contributed by atoms with Crippen LogP contribution in [0, 0.1) is 0 Å². The molecular weight excluding hydrogens is 272 g/mol. The first-order valence-corrected chi connectivity index (χ1v) is 6.91. The van der Waals surface area contributed by atoms with Crippen molar-refractivity contribution in [2.24, 2.45) is 0 Å². The smallest absolute Gasteiger partial charge is 0.334 e. The van der Waals surface area contributed by atoms with Crippen LogP contribution in [0.4, 0.5) is 0 Å². The lowest BCUT2D eigenvalue weighted by atomic mass is 9.76. The highest BCUT2D eigenvalue weighted by molar-refractivity contribution is 6.03. The zero-order valence-corrected chi connectivity index (χ0v) is 12.2. The maximum Gasteiger partial charge on any atom is 0.334 e. The molecule has 1 aromatic carbocycles. The van der Waals surface area contributed by atoms with Crippen LogP contribution in [-0.2, 0) is 16.1 Å². The Kier molecular flexibility index (Phi) is 3.26. The molecule has 1 heterocycles. The van der Waals surface area contributed by atoms with Crippen LogP contribution >= 0.6 is 0 Å². The highest BCUT2D eigenvalue weighted by Crippen LogP contribution is 2.46. The van der Waals surface area contributed by atoms with Gasteiger partial charge < -0.3 is 19.7 Å². The average molecular weight is 290 g/mol. The maximum absolute atomic E-state index is 11.8. The van der Waals surface area contributed by atoms with E-state index in [1.165, 1.54) is 0 Å². The number of carbonyl (C=O) groups excluding carboxylic acids is 1. The highest BCUT2D eigenvalue weighted by Gasteiger charge is 2.45.